The van der Waals surface area contributed by atoms with E-state index in [4.69, 9.17) is 15.6 Å². The number of hydrogen-bond acceptors (Lipinski definition) is 3. The molecule has 21 heavy (non-hydrogen) atoms. The molecule has 0 fully saturated rings. The molecular weight excluding hydrogens is 266 g/mol. The molecule has 120 valence electrons. The Bertz CT molecular complexity index is 416. The van der Waals surface area contributed by atoms with Gasteiger partial charge in [-0.05, 0) is 50.3 Å². The van der Waals surface area contributed by atoms with E-state index in [0.29, 0.717) is 6.42 Å². The standard InChI is InChI=1S/C10H12O.C5H11NO2.C2H6/c1-8-4-5-9-3-2-6-11-10(9)7-8;1-4(6)2-3-5(7)8;1-2/h4-5,7H,2-3,6H2,1H3;4H,2-3,6H2,1H3,(H,7,8);1-2H3. The zero-order chi connectivity index (χ0) is 16.3. The van der Waals surface area contributed by atoms with Crippen molar-refractivity contribution in [1.82, 2.24) is 0 Å². The van der Waals surface area contributed by atoms with E-state index in [0.717, 1.165) is 18.8 Å². The molecular formula is C17H29NO3. The van der Waals surface area contributed by atoms with Crippen LogP contribution in [0.2, 0.25) is 0 Å². The zero-order valence-electron chi connectivity index (χ0n) is 13.7. The summed E-state index contributed by atoms with van der Waals surface area (Å²) in [5.41, 5.74) is 7.92. The summed E-state index contributed by atoms with van der Waals surface area (Å²) in [6, 6.07) is 6.44. The largest absolute Gasteiger partial charge is 0.493 e. The molecule has 1 aromatic carbocycles. The van der Waals surface area contributed by atoms with Gasteiger partial charge >= 0.3 is 5.97 Å². The highest BCUT2D eigenvalue weighted by Gasteiger charge is 2.08. The van der Waals surface area contributed by atoms with Gasteiger partial charge in [0.1, 0.15) is 5.75 Å². The minimum Gasteiger partial charge on any atom is -0.493 e. The second-order valence-electron chi connectivity index (χ2n) is 4.97. The number of hydrogen-bond donors (Lipinski definition) is 2. The van der Waals surface area contributed by atoms with Crippen molar-refractivity contribution in [3.05, 3.63) is 29.3 Å². The predicted molar refractivity (Wildman–Crippen MR) is 86.9 cm³/mol. The number of benzene rings is 1. The van der Waals surface area contributed by atoms with Crippen LogP contribution in [0.25, 0.3) is 0 Å². The van der Waals surface area contributed by atoms with Crippen LogP contribution in [0.4, 0.5) is 0 Å². The van der Waals surface area contributed by atoms with E-state index in [9.17, 15) is 4.79 Å². The maximum atomic E-state index is 9.85. The maximum absolute atomic E-state index is 9.85. The third-order valence-electron chi connectivity index (χ3n) is 2.88. The highest BCUT2D eigenvalue weighted by Crippen LogP contribution is 2.25. The molecule has 2 rings (SSSR count). The summed E-state index contributed by atoms with van der Waals surface area (Å²) in [6.07, 6.45) is 3.08. The van der Waals surface area contributed by atoms with Crippen LogP contribution in [0.5, 0.6) is 5.75 Å². The smallest absolute Gasteiger partial charge is 0.303 e. The molecule has 1 aliphatic rings. The summed E-state index contributed by atoms with van der Waals surface area (Å²) in [7, 11) is 0. The molecule has 1 aliphatic heterocycles. The lowest BCUT2D eigenvalue weighted by atomic mass is 10.0. The quantitative estimate of drug-likeness (QED) is 0.894. The summed E-state index contributed by atoms with van der Waals surface area (Å²) >= 11 is 0. The summed E-state index contributed by atoms with van der Waals surface area (Å²) < 4.78 is 5.50. The SMILES string of the molecule is CC.CC(N)CCC(=O)O.Cc1ccc2c(c1)OCCC2. The third kappa shape index (κ3) is 9.08. The first-order valence-electron chi connectivity index (χ1n) is 7.68. The second kappa shape index (κ2) is 11.1. The Labute approximate surface area is 128 Å². The predicted octanol–water partition coefficient (Wildman–Crippen LogP) is 3.54. The van der Waals surface area contributed by atoms with Crippen LogP contribution in [-0.2, 0) is 11.2 Å². The Balaban J connectivity index is 0.000000358. The number of ether oxygens (including phenoxy) is 1. The van der Waals surface area contributed by atoms with E-state index >= 15 is 0 Å². The number of nitrogens with two attached hydrogens (primary N) is 1. The highest BCUT2D eigenvalue weighted by molar-refractivity contribution is 5.66. The fraction of sp³-hybridized carbons (Fsp3) is 0.588. The normalized spacial score (nSPS) is 13.4. The molecule has 0 radical (unpaired) electrons. The van der Waals surface area contributed by atoms with Crippen molar-refractivity contribution in [1.29, 1.82) is 0 Å². The van der Waals surface area contributed by atoms with E-state index in [1.54, 1.807) is 6.92 Å². The van der Waals surface area contributed by atoms with Gasteiger partial charge in [0, 0.05) is 12.5 Å². The molecule has 0 bridgehead atoms. The van der Waals surface area contributed by atoms with E-state index in [1.807, 2.05) is 13.8 Å². The summed E-state index contributed by atoms with van der Waals surface area (Å²) in [4.78, 5) is 9.85. The Morgan fingerprint density at radius 3 is 2.62 bits per heavy atom. The first kappa shape index (κ1) is 19.4. The van der Waals surface area contributed by atoms with Gasteiger partial charge in [-0.25, -0.2) is 0 Å². The second-order valence-corrected chi connectivity index (χ2v) is 4.97. The van der Waals surface area contributed by atoms with Crippen LogP contribution in [0.1, 0.15) is 51.2 Å². The van der Waals surface area contributed by atoms with Crippen molar-refractivity contribution in [3.63, 3.8) is 0 Å². The number of aliphatic carboxylic acids is 1. The van der Waals surface area contributed by atoms with Gasteiger partial charge in [0.2, 0.25) is 0 Å². The first-order valence-corrected chi connectivity index (χ1v) is 7.68. The first-order chi connectivity index (χ1) is 9.99. The zero-order valence-corrected chi connectivity index (χ0v) is 13.7. The molecule has 1 aromatic rings. The molecule has 3 N–H and O–H groups in total. The minimum atomic E-state index is -0.776. The fourth-order valence-electron chi connectivity index (χ4n) is 1.80. The number of fused-ring (bicyclic) bond motifs is 1. The van der Waals surface area contributed by atoms with Gasteiger partial charge in [-0.2, -0.15) is 0 Å². The van der Waals surface area contributed by atoms with E-state index in [2.05, 4.69) is 25.1 Å². The highest BCUT2D eigenvalue weighted by atomic mass is 16.5. The number of rotatable bonds is 3. The molecule has 0 spiro atoms. The molecule has 0 aromatic heterocycles. The van der Waals surface area contributed by atoms with E-state index in [1.165, 1.54) is 17.5 Å². The van der Waals surface area contributed by atoms with Crippen LogP contribution >= 0.6 is 0 Å². The van der Waals surface area contributed by atoms with Crippen LogP contribution < -0.4 is 10.5 Å². The van der Waals surface area contributed by atoms with E-state index in [-0.39, 0.29) is 12.5 Å². The summed E-state index contributed by atoms with van der Waals surface area (Å²) in [5, 5.41) is 8.11. The van der Waals surface area contributed by atoms with Crippen LogP contribution in [0.15, 0.2) is 18.2 Å². The maximum Gasteiger partial charge on any atom is 0.303 e. The minimum absolute atomic E-state index is 0.00565. The molecule has 0 saturated heterocycles. The van der Waals surface area contributed by atoms with Crippen LogP contribution in [-0.4, -0.2) is 23.7 Å². The van der Waals surface area contributed by atoms with Crippen LogP contribution in [0, 0.1) is 6.92 Å². The molecule has 0 aliphatic carbocycles. The van der Waals surface area contributed by atoms with Crippen molar-refractivity contribution in [3.8, 4) is 5.75 Å². The molecule has 4 nitrogen and oxygen atoms in total. The lowest BCUT2D eigenvalue weighted by Crippen LogP contribution is -2.15. The Kier molecular flexibility index (Phi) is 10.3. The lowest BCUT2D eigenvalue weighted by molar-refractivity contribution is -0.137. The summed E-state index contributed by atoms with van der Waals surface area (Å²) in [5.74, 6) is 0.318. The number of carbonyl (C=O) groups is 1. The van der Waals surface area contributed by atoms with Crippen molar-refractivity contribution in [2.45, 2.75) is 59.4 Å². The third-order valence-corrected chi connectivity index (χ3v) is 2.88. The van der Waals surface area contributed by atoms with Gasteiger partial charge < -0.3 is 15.6 Å². The Morgan fingerprint density at radius 2 is 2.10 bits per heavy atom. The topological polar surface area (TPSA) is 72.6 Å². The number of aryl methyl sites for hydroxylation is 2. The summed E-state index contributed by atoms with van der Waals surface area (Å²) in [6.45, 7) is 8.78. The monoisotopic (exact) mass is 295 g/mol. The van der Waals surface area contributed by atoms with Crippen LogP contribution in [0.3, 0.4) is 0 Å². The van der Waals surface area contributed by atoms with Gasteiger partial charge in [0.05, 0.1) is 6.61 Å². The average Bonchev–Trinajstić information content (AvgIpc) is 2.48. The van der Waals surface area contributed by atoms with Crippen molar-refractivity contribution in [2.24, 2.45) is 5.73 Å². The molecule has 1 atom stereocenters. The lowest BCUT2D eigenvalue weighted by Gasteiger charge is -2.16. The molecule has 1 heterocycles. The van der Waals surface area contributed by atoms with Gasteiger partial charge in [0.15, 0.2) is 0 Å². The molecule has 1 unspecified atom stereocenters. The Hall–Kier alpha value is -1.55. The van der Waals surface area contributed by atoms with Crippen molar-refractivity contribution in [2.75, 3.05) is 6.61 Å². The van der Waals surface area contributed by atoms with Crippen molar-refractivity contribution < 1.29 is 14.6 Å². The van der Waals surface area contributed by atoms with Gasteiger partial charge in [-0.1, -0.05) is 26.0 Å². The molecule has 4 heteroatoms. The number of carboxylic acid groups (broad SMARTS) is 1. The van der Waals surface area contributed by atoms with Crippen molar-refractivity contribution >= 4 is 5.97 Å². The Morgan fingerprint density at radius 1 is 1.43 bits per heavy atom. The van der Waals surface area contributed by atoms with Gasteiger partial charge in [-0.15, -0.1) is 0 Å². The van der Waals surface area contributed by atoms with Gasteiger partial charge in [-0.3, -0.25) is 4.79 Å². The average molecular weight is 295 g/mol. The number of carboxylic acids is 1. The van der Waals surface area contributed by atoms with E-state index < -0.39 is 5.97 Å². The molecule has 0 saturated carbocycles. The fourth-order valence-corrected chi connectivity index (χ4v) is 1.80. The van der Waals surface area contributed by atoms with Gasteiger partial charge in [0.25, 0.3) is 0 Å². The molecule has 0 amide bonds.